The fourth-order valence-electron chi connectivity index (χ4n) is 2.91. The summed E-state index contributed by atoms with van der Waals surface area (Å²) in [6.07, 6.45) is 4.87. The third-order valence-corrected chi connectivity index (χ3v) is 5.38. The molecule has 0 spiro atoms. The van der Waals surface area contributed by atoms with Crippen LogP contribution in [0.3, 0.4) is 0 Å². The second-order valence-corrected chi connectivity index (χ2v) is 7.12. The van der Waals surface area contributed by atoms with Gasteiger partial charge < -0.3 is 15.4 Å². The van der Waals surface area contributed by atoms with E-state index in [1.54, 1.807) is 12.2 Å². The minimum atomic E-state index is -0.251. The van der Waals surface area contributed by atoms with Crippen LogP contribution >= 0.6 is 11.8 Å². The maximum atomic E-state index is 12.3. The summed E-state index contributed by atoms with van der Waals surface area (Å²) in [6.45, 7) is 5.41. The molecule has 2 heterocycles. The van der Waals surface area contributed by atoms with E-state index < -0.39 is 0 Å². The van der Waals surface area contributed by atoms with Gasteiger partial charge in [-0.1, -0.05) is 30.9 Å². The molecule has 0 unspecified atom stereocenters. The summed E-state index contributed by atoms with van der Waals surface area (Å²) in [4.78, 5) is 30.4. The lowest BCUT2D eigenvalue weighted by atomic mass is 9.97. The summed E-state index contributed by atoms with van der Waals surface area (Å²) < 4.78 is 5.63. The summed E-state index contributed by atoms with van der Waals surface area (Å²) in [7, 11) is 0. The Morgan fingerprint density at radius 2 is 2.12 bits per heavy atom. The van der Waals surface area contributed by atoms with Gasteiger partial charge in [-0.05, 0) is 36.7 Å². The zero-order valence-corrected chi connectivity index (χ0v) is 15.2. The number of nitrogens with two attached hydrogens (primary N) is 1. The van der Waals surface area contributed by atoms with E-state index in [0.29, 0.717) is 48.4 Å². The lowest BCUT2D eigenvalue weighted by molar-refractivity contribution is -0.123. The number of hydrogen-bond acceptors (Lipinski definition) is 5. The minimum Gasteiger partial charge on any atom is -0.489 e. The summed E-state index contributed by atoms with van der Waals surface area (Å²) in [5.41, 5.74) is 6.20. The van der Waals surface area contributed by atoms with Crippen LogP contribution in [0.2, 0.25) is 0 Å². The van der Waals surface area contributed by atoms with E-state index in [4.69, 9.17) is 10.5 Å². The van der Waals surface area contributed by atoms with E-state index in [0.717, 1.165) is 5.56 Å². The first kappa shape index (κ1) is 18.3. The van der Waals surface area contributed by atoms with Crippen molar-refractivity contribution in [2.45, 2.75) is 12.8 Å². The molecule has 0 saturated carbocycles. The lowest BCUT2D eigenvalue weighted by Gasteiger charge is -2.31. The number of amidine groups is 1. The van der Waals surface area contributed by atoms with E-state index in [9.17, 15) is 9.59 Å². The third kappa shape index (κ3) is 4.16. The highest BCUT2D eigenvalue weighted by molar-refractivity contribution is 8.18. The first-order valence-corrected chi connectivity index (χ1v) is 9.29. The minimum absolute atomic E-state index is 0.0853. The van der Waals surface area contributed by atoms with Crippen molar-refractivity contribution in [2.75, 3.05) is 19.7 Å². The molecule has 0 aromatic heterocycles. The first-order chi connectivity index (χ1) is 12.6. The molecule has 1 aromatic carbocycles. The molecule has 1 fully saturated rings. The predicted molar refractivity (Wildman–Crippen MR) is 104 cm³/mol. The molecule has 136 valence electrons. The van der Waals surface area contributed by atoms with Gasteiger partial charge in [0.15, 0.2) is 5.17 Å². The molecule has 0 atom stereocenters. The SMILES string of the molecule is C=CCOc1ccccc1/C=C1\SC(N2CCC(C(N)=O)CC2)=NC1=O. The molecule has 2 aliphatic heterocycles. The predicted octanol–water partition coefficient (Wildman–Crippen LogP) is 2.42. The van der Waals surface area contributed by atoms with Gasteiger partial charge in [-0.15, -0.1) is 0 Å². The number of ether oxygens (including phenoxy) is 1. The van der Waals surface area contributed by atoms with Crippen molar-refractivity contribution in [2.24, 2.45) is 16.6 Å². The number of rotatable bonds is 5. The van der Waals surface area contributed by atoms with Gasteiger partial charge in [-0.3, -0.25) is 9.59 Å². The molecule has 1 aromatic rings. The van der Waals surface area contributed by atoms with Crippen LogP contribution in [-0.2, 0) is 9.59 Å². The number of benzene rings is 1. The average Bonchev–Trinajstić information content (AvgIpc) is 3.01. The summed E-state index contributed by atoms with van der Waals surface area (Å²) in [6, 6.07) is 7.54. The highest BCUT2D eigenvalue weighted by atomic mass is 32.2. The number of piperidine rings is 1. The second-order valence-electron chi connectivity index (χ2n) is 6.11. The Kier molecular flexibility index (Phi) is 5.78. The van der Waals surface area contributed by atoms with Crippen molar-refractivity contribution in [1.29, 1.82) is 0 Å². The van der Waals surface area contributed by atoms with Gasteiger partial charge in [-0.2, -0.15) is 4.99 Å². The van der Waals surface area contributed by atoms with E-state index in [2.05, 4.69) is 11.6 Å². The number of primary amides is 1. The van der Waals surface area contributed by atoms with Crippen molar-refractivity contribution < 1.29 is 14.3 Å². The number of nitrogens with zero attached hydrogens (tertiary/aromatic N) is 2. The van der Waals surface area contributed by atoms with Crippen LogP contribution in [-0.4, -0.2) is 41.6 Å². The maximum Gasteiger partial charge on any atom is 0.286 e. The molecule has 26 heavy (non-hydrogen) atoms. The van der Waals surface area contributed by atoms with Gasteiger partial charge in [0.2, 0.25) is 5.91 Å². The highest BCUT2D eigenvalue weighted by Gasteiger charge is 2.30. The normalized spacial score (nSPS) is 19.5. The van der Waals surface area contributed by atoms with Crippen LogP contribution in [0.4, 0.5) is 0 Å². The van der Waals surface area contributed by atoms with Crippen LogP contribution < -0.4 is 10.5 Å². The number of aliphatic imine (C=N–C) groups is 1. The Morgan fingerprint density at radius 3 is 2.81 bits per heavy atom. The molecular formula is C19H21N3O3S. The zero-order chi connectivity index (χ0) is 18.5. The first-order valence-electron chi connectivity index (χ1n) is 8.48. The van der Waals surface area contributed by atoms with Gasteiger partial charge in [0.05, 0.1) is 4.91 Å². The van der Waals surface area contributed by atoms with E-state index >= 15 is 0 Å². The molecule has 0 aliphatic carbocycles. The van der Waals surface area contributed by atoms with Gasteiger partial charge >= 0.3 is 0 Å². The fraction of sp³-hybridized carbons (Fsp3) is 0.316. The van der Waals surface area contributed by atoms with E-state index in [1.165, 1.54) is 11.8 Å². The standard InChI is InChI=1S/C19H21N3O3S/c1-2-11-25-15-6-4-3-5-14(15)12-16-18(24)21-19(26-16)22-9-7-13(8-10-22)17(20)23/h2-6,12-13H,1,7-11H2,(H2,20,23)/b16-12-. The maximum absolute atomic E-state index is 12.3. The zero-order valence-electron chi connectivity index (χ0n) is 14.4. The smallest absolute Gasteiger partial charge is 0.286 e. The molecule has 2 amide bonds. The van der Waals surface area contributed by atoms with E-state index in [1.807, 2.05) is 29.2 Å². The number of carbonyl (C=O) groups excluding carboxylic acids is 2. The second kappa shape index (κ2) is 8.23. The van der Waals surface area contributed by atoms with Crippen molar-refractivity contribution in [1.82, 2.24) is 4.90 Å². The fourth-order valence-corrected chi connectivity index (χ4v) is 3.87. The van der Waals surface area contributed by atoms with Gasteiger partial charge in [0.1, 0.15) is 12.4 Å². The lowest BCUT2D eigenvalue weighted by Crippen LogP contribution is -2.40. The number of likely N-dealkylation sites (tertiary alicyclic amines) is 1. The molecule has 0 bridgehead atoms. The largest absolute Gasteiger partial charge is 0.489 e. The number of hydrogen-bond donors (Lipinski definition) is 1. The molecule has 6 nitrogen and oxygen atoms in total. The Bertz CT molecular complexity index is 780. The Balaban J connectivity index is 1.70. The third-order valence-electron chi connectivity index (χ3n) is 4.34. The van der Waals surface area contributed by atoms with Crippen molar-refractivity contribution >= 4 is 34.8 Å². The van der Waals surface area contributed by atoms with Crippen LogP contribution in [0.5, 0.6) is 5.75 Å². The van der Waals surface area contributed by atoms with Crippen LogP contribution in [0, 0.1) is 5.92 Å². The molecule has 1 saturated heterocycles. The van der Waals surface area contributed by atoms with Gasteiger partial charge in [0.25, 0.3) is 5.91 Å². The molecule has 7 heteroatoms. The van der Waals surface area contributed by atoms with Crippen molar-refractivity contribution in [3.8, 4) is 5.75 Å². The monoisotopic (exact) mass is 371 g/mol. The van der Waals surface area contributed by atoms with Crippen molar-refractivity contribution in [3.05, 3.63) is 47.4 Å². The van der Waals surface area contributed by atoms with Gasteiger partial charge in [0, 0.05) is 24.6 Å². The quantitative estimate of drug-likeness (QED) is 0.635. The Morgan fingerprint density at radius 1 is 1.38 bits per heavy atom. The number of para-hydroxylation sites is 1. The molecule has 2 N–H and O–H groups in total. The van der Waals surface area contributed by atoms with Crippen LogP contribution in [0.15, 0.2) is 46.8 Å². The Hall–Kier alpha value is -2.54. The van der Waals surface area contributed by atoms with Crippen LogP contribution in [0.1, 0.15) is 18.4 Å². The number of amides is 2. The summed E-state index contributed by atoms with van der Waals surface area (Å²) >= 11 is 1.36. The highest BCUT2D eigenvalue weighted by Crippen LogP contribution is 2.33. The van der Waals surface area contributed by atoms with Crippen LogP contribution in [0.25, 0.3) is 6.08 Å². The Labute approximate surface area is 156 Å². The molecule has 3 rings (SSSR count). The van der Waals surface area contributed by atoms with Crippen molar-refractivity contribution in [3.63, 3.8) is 0 Å². The average molecular weight is 371 g/mol. The van der Waals surface area contributed by atoms with E-state index in [-0.39, 0.29) is 17.7 Å². The topological polar surface area (TPSA) is 85.0 Å². The number of carbonyl (C=O) groups is 2. The molecule has 2 aliphatic rings. The number of thioether (sulfide) groups is 1. The summed E-state index contributed by atoms with van der Waals surface area (Å²) in [5, 5.41) is 0.689. The summed E-state index contributed by atoms with van der Waals surface area (Å²) in [5.74, 6) is 0.112. The molecule has 0 radical (unpaired) electrons. The molecular weight excluding hydrogens is 350 g/mol. The van der Waals surface area contributed by atoms with Gasteiger partial charge in [-0.25, -0.2) is 0 Å².